The van der Waals surface area contributed by atoms with Gasteiger partial charge in [-0.2, -0.15) is 0 Å². The van der Waals surface area contributed by atoms with Gasteiger partial charge >= 0.3 is 0 Å². The van der Waals surface area contributed by atoms with E-state index in [0.29, 0.717) is 11.8 Å². The Morgan fingerprint density at radius 2 is 1.88 bits per heavy atom. The third-order valence-corrected chi connectivity index (χ3v) is 4.65. The number of carbonyl (C=O) groups is 1. The molecule has 5 heteroatoms. The number of nitrogens with two attached hydrogens (primary N) is 1. The molecule has 0 radical (unpaired) electrons. The normalized spacial score (nSPS) is 14.9. The van der Waals surface area contributed by atoms with Gasteiger partial charge in [0, 0.05) is 5.69 Å². The van der Waals surface area contributed by atoms with Gasteiger partial charge in [-0.3, -0.25) is 4.79 Å². The second-order valence-corrected chi connectivity index (χ2v) is 6.37. The molecule has 0 fully saturated rings. The zero-order chi connectivity index (χ0) is 17.7. The first kappa shape index (κ1) is 18.2. The van der Waals surface area contributed by atoms with Crippen molar-refractivity contribution in [3.63, 3.8) is 0 Å². The van der Waals surface area contributed by atoms with Crippen LogP contribution in [0.15, 0.2) is 34.9 Å². The van der Waals surface area contributed by atoms with E-state index in [1.54, 1.807) is 0 Å². The zero-order valence-electron chi connectivity index (χ0n) is 14.9. The third-order valence-electron chi connectivity index (χ3n) is 4.65. The molecule has 3 N–H and O–H groups in total. The summed E-state index contributed by atoms with van der Waals surface area (Å²) in [7, 11) is 0. The molecule has 0 spiro atoms. The summed E-state index contributed by atoms with van der Waals surface area (Å²) in [5, 5.41) is 2.84. The Bertz CT molecular complexity index is 664. The highest BCUT2D eigenvalue weighted by atomic mass is 16.3. The Morgan fingerprint density at radius 3 is 2.46 bits per heavy atom. The van der Waals surface area contributed by atoms with Gasteiger partial charge in [0.05, 0.1) is 6.04 Å². The molecule has 2 rings (SSSR count). The third kappa shape index (κ3) is 4.23. The molecule has 3 unspecified atom stereocenters. The number of carbonyl (C=O) groups excluding carboxylic acids is 1. The van der Waals surface area contributed by atoms with Gasteiger partial charge in [-0.25, -0.2) is 4.98 Å². The highest BCUT2D eigenvalue weighted by molar-refractivity contribution is 6.02. The van der Waals surface area contributed by atoms with Gasteiger partial charge in [0.15, 0.2) is 5.69 Å². The number of oxazole rings is 1. The Balaban J connectivity index is 2.03. The van der Waals surface area contributed by atoms with E-state index < -0.39 is 0 Å². The first-order valence-corrected chi connectivity index (χ1v) is 8.58. The summed E-state index contributed by atoms with van der Waals surface area (Å²) in [6, 6.07) is 7.59. The van der Waals surface area contributed by atoms with Gasteiger partial charge in [0.25, 0.3) is 5.91 Å². The Kier molecular flexibility index (Phi) is 6.15. The van der Waals surface area contributed by atoms with Crippen LogP contribution < -0.4 is 11.1 Å². The van der Waals surface area contributed by atoms with Gasteiger partial charge in [-0.15, -0.1) is 0 Å². The Labute approximate surface area is 143 Å². The summed E-state index contributed by atoms with van der Waals surface area (Å²) in [5.41, 5.74) is 8.33. The van der Waals surface area contributed by atoms with Crippen LogP contribution in [0.1, 0.15) is 74.4 Å². The summed E-state index contributed by atoms with van der Waals surface area (Å²) < 4.78 is 5.38. The summed E-state index contributed by atoms with van der Waals surface area (Å²) in [6.45, 7) is 8.44. The van der Waals surface area contributed by atoms with Crippen molar-refractivity contribution in [1.82, 2.24) is 4.98 Å². The molecule has 0 saturated carbocycles. The van der Waals surface area contributed by atoms with Crippen molar-refractivity contribution in [3.8, 4) is 0 Å². The lowest BCUT2D eigenvalue weighted by Gasteiger charge is -2.13. The van der Waals surface area contributed by atoms with Crippen molar-refractivity contribution >= 4 is 11.6 Å². The fourth-order valence-corrected chi connectivity index (χ4v) is 2.37. The number of hydrogen-bond acceptors (Lipinski definition) is 4. The standard InChI is InChI=1S/C19H27N3O2/c1-5-12(3)14-7-9-15(10-8-14)21-18(23)16-11-24-19(22-16)17(20)13(4)6-2/h7-13,17H,5-6,20H2,1-4H3,(H,21,23). The summed E-state index contributed by atoms with van der Waals surface area (Å²) >= 11 is 0. The lowest BCUT2D eigenvalue weighted by Crippen LogP contribution is -2.19. The number of nitrogens with one attached hydrogen (secondary N) is 1. The monoisotopic (exact) mass is 329 g/mol. The van der Waals surface area contributed by atoms with Gasteiger partial charge < -0.3 is 15.5 Å². The minimum atomic E-state index is -0.300. The van der Waals surface area contributed by atoms with Gasteiger partial charge in [0.1, 0.15) is 6.26 Å². The fraction of sp³-hybridized carbons (Fsp3) is 0.474. The van der Waals surface area contributed by atoms with E-state index in [-0.39, 0.29) is 23.6 Å². The van der Waals surface area contributed by atoms with Crippen LogP contribution in [0, 0.1) is 5.92 Å². The molecule has 24 heavy (non-hydrogen) atoms. The van der Waals surface area contributed by atoms with Crippen LogP contribution in [0.2, 0.25) is 0 Å². The van der Waals surface area contributed by atoms with Crippen LogP contribution in [0.5, 0.6) is 0 Å². The lowest BCUT2D eigenvalue weighted by molar-refractivity contribution is 0.102. The second-order valence-electron chi connectivity index (χ2n) is 6.37. The number of aromatic nitrogens is 1. The van der Waals surface area contributed by atoms with Crippen molar-refractivity contribution in [3.05, 3.63) is 47.7 Å². The summed E-state index contributed by atoms with van der Waals surface area (Å²) in [5.74, 6) is 0.863. The highest BCUT2D eigenvalue weighted by Gasteiger charge is 2.21. The molecule has 1 aromatic carbocycles. The molecule has 3 atom stereocenters. The molecule has 0 bridgehead atoms. The summed E-state index contributed by atoms with van der Waals surface area (Å²) in [4.78, 5) is 16.5. The van der Waals surface area contributed by atoms with E-state index in [1.807, 2.05) is 31.2 Å². The van der Waals surface area contributed by atoms with Crippen molar-refractivity contribution in [1.29, 1.82) is 0 Å². The quantitative estimate of drug-likeness (QED) is 0.784. The first-order valence-electron chi connectivity index (χ1n) is 8.58. The molecule has 1 amide bonds. The number of amides is 1. The van der Waals surface area contributed by atoms with Crippen LogP contribution in [0.25, 0.3) is 0 Å². The van der Waals surface area contributed by atoms with Gasteiger partial charge in [-0.1, -0.05) is 46.2 Å². The highest BCUT2D eigenvalue weighted by Crippen LogP contribution is 2.22. The predicted octanol–water partition coefficient (Wildman–Crippen LogP) is 4.49. The van der Waals surface area contributed by atoms with E-state index in [2.05, 4.69) is 31.1 Å². The van der Waals surface area contributed by atoms with E-state index in [0.717, 1.165) is 18.5 Å². The molecule has 0 aliphatic rings. The maximum absolute atomic E-state index is 12.3. The fourth-order valence-electron chi connectivity index (χ4n) is 2.37. The molecule has 5 nitrogen and oxygen atoms in total. The largest absolute Gasteiger partial charge is 0.446 e. The predicted molar refractivity (Wildman–Crippen MR) is 96.0 cm³/mol. The topological polar surface area (TPSA) is 81.2 Å². The zero-order valence-corrected chi connectivity index (χ0v) is 14.9. The maximum atomic E-state index is 12.3. The van der Waals surface area contributed by atoms with Crippen molar-refractivity contribution in [2.45, 2.75) is 52.5 Å². The molecule has 1 heterocycles. The smallest absolute Gasteiger partial charge is 0.277 e. The Hall–Kier alpha value is -2.14. The average molecular weight is 329 g/mol. The average Bonchev–Trinajstić information content (AvgIpc) is 3.10. The van der Waals surface area contributed by atoms with Crippen molar-refractivity contribution < 1.29 is 9.21 Å². The molecule has 130 valence electrons. The molecule has 0 aliphatic carbocycles. The SMILES string of the molecule is CCC(C)c1ccc(NC(=O)c2coc(C(N)C(C)CC)n2)cc1. The number of benzene rings is 1. The molecular weight excluding hydrogens is 302 g/mol. The molecule has 1 aromatic heterocycles. The number of anilines is 1. The van der Waals surface area contributed by atoms with E-state index in [9.17, 15) is 4.79 Å². The first-order chi connectivity index (χ1) is 11.5. The van der Waals surface area contributed by atoms with Gasteiger partial charge in [-0.05, 0) is 36.0 Å². The second kappa shape index (κ2) is 8.11. The molecule has 2 aromatic rings. The van der Waals surface area contributed by atoms with Crippen molar-refractivity contribution in [2.24, 2.45) is 11.7 Å². The Morgan fingerprint density at radius 1 is 1.21 bits per heavy atom. The van der Waals surface area contributed by atoms with Crippen LogP contribution in [0.3, 0.4) is 0 Å². The summed E-state index contributed by atoms with van der Waals surface area (Å²) in [6.07, 6.45) is 3.37. The van der Waals surface area contributed by atoms with Gasteiger partial charge in [0.2, 0.25) is 5.89 Å². The number of nitrogens with zero attached hydrogens (tertiary/aromatic N) is 1. The molecule has 0 saturated heterocycles. The van der Waals surface area contributed by atoms with E-state index in [1.165, 1.54) is 11.8 Å². The van der Waals surface area contributed by atoms with Crippen molar-refractivity contribution in [2.75, 3.05) is 5.32 Å². The minimum Gasteiger partial charge on any atom is -0.446 e. The number of rotatable bonds is 7. The lowest BCUT2D eigenvalue weighted by atomic mass is 9.99. The molecule has 0 aliphatic heterocycles. The van der Waals surface area contributed by atoms with E-state index >= 15 is 0 Å². The van der Waals surface area contributed by atoms with E-state index in [4.69, 9.17) is 10.2 Å². The van der Waals surface area contributed by atoms with Crippen LogP contribution >= 0.6 is 0 Å². The van der Waals surface area contributed by atoms with Crippen LogP contribution in [-0.2, 0) is 0 Å². The van der Waals surface area contributed by atoms with Crippen LogP contribution in [-0.4, -0.2) is 10.9 Å². The number of hydrogen-bond donors (Lipinski definition) is 2. The van der Waals surface area contributed by atoms with Crippen LogP contribution in [0.4, 0.5) is 5.69 Å². The minimum absolute atomic E-state index is 0.243. The maximum Gasteiger partial charge on any atom is 0.277 e. The molecular formula is C19H27N3O2.